The standard InChI is InChI=1S/C11H20O2/c1-10(2)7-5-6-11(10,3)9(12)8(7)13-4/h7-9,12H,5-6H2,1-4H3. The summed E-state index contributed by atoms with van der Waals surface area (Å²) >= 11 is 0. The lowest BCUT2D eigenvalue weighted by Gasteiger charge is -2.36. The molecule has 13 heavy (non-hydrogen) atoms. The molecule has 1 N–H and O–H groups in total. The van der Waals surface area contributed by atoms with Crippen molar-refractivity contribution >= 4 is 0 Å². The number of methoxy groups -OCH3 is 1. The molecule has 0 amide bonds. The van der Waals surface area contributed by atoms with E-state index in [0.717, 1.165) is 6.42 Å². The van der Waals surface area contributed by atoms with E-state index in [0.29, 0.717) is 5.92 Å². The highest BCUT2D eigenvalue weighted by Gasteiger charge is 2.66. The maximum Gasteiger partial charge on any atom is 0.0869 e. The van der Waals surface area contributed by atoms with Crippen molar-refractivity contribution in [3.63, 3.8) is 0 Å². The van der Waals surface area contributed by atoms with Gasteiger partial charge in [-0.3, -0.25) is 0 Å². The Hall–Kier alpha value is -0.0800. The molecule has 0 aliphatic heterocycles. The summed E-state index contributed by atoms with van der Waals surface area (Å²) in [7, 11) is 1.72. The Labute approximate surface area is 80.3 Å². The molecular formula is C11H20O2. The predicted molar refractivity (Wildman–Crippen MR) is 51.4 cm³/mol. The third-order valence-corrected chi connectivity index (χ3v) is 5.01. The van der Waals surface area contributed by atoms with Crippen molar-refractivity contribution < 1.29 is 9.84 Å². The van der Waals surface area contributed by atoms with E-state index in [9.17, 15) is 5.11 Å². The summed E-state index contributed by atoms with van der Waals surface area (Å²) in [5.41, 5.74) is 0.297. The summed E-state index contributed by atoms with van der Waals surface area (Å²) < 4.78 is 5.41. The minimum atomic E-state index is -0.272. The summed E-state index contributed by atoms with van der Waals surface area (Å²) in [6, 6.07) is 0. The molecule has 2 rings (SSSR count). The molecule has 0 aromatic rings. The second-order valence-electron chi connectivity index (χ2n) is 5.43. The van der Waals surface area contributed by atoms with Gasteiger partial charge in [-0.25, -0.2) is 0 Å². The fourth-order valence-electron chi connectivity index (χ4n) is 3.54. The van der Waals surface area contributed by atoms with Crippen LogP contribution >= 0.6 is 0 Å². The highest BCUT2D eigenvalue weighted by atomic mass is 16.5. The van der Waals surface area contributed by atoms with Gasteiger partial charge in [0.1, 0.15) is 0 Å². The molecule has 2 aliphatic carbocycles. The number of ether oxygens (including phenoxy) is 1. The second-order valence-corrected chi connectivity index (χ2v) is 5.43. The zero-order valence-corrected chi connectivity index (χ0v) is 9.00. The van der Waals surface area contributed by atoms with Gasteiger partial charge in [0.25, 0.3) is 0 Å². The molecule has 2 aliphatic rings. The van der Waals surface area contributed by atoms with Crippen LogP contribution in [0, 0.1) is 16.7 Å². The van der Waals surface area contributed by atoms with Crippen LogP contribution in [0.25, 0.3) is 0 Å². The minimum Gasteiger partial charge on any atom is -0.390 e. The van der Waals surface area contributed by atoms with Gasteiger partial charge >= 0.3 is 0 Å². The average Bonchev–Trinajstić information content (AvgIpc) is 2.36. The molecule has 4 atom stereocenters. The monoisotopic (exact) mass is 184 g/mol. The summed E-state index contributed by atoms with van der Waals surface area (Å²) in [6.45, 7) is 6.75. The van der Waals surface area contributed by atoms with E-state index in [-0.39, 0.29) is 23.0 Å². The van der Waals surface area contributed by atoms with E-state index in [1.165, 1.54) is 6.42 Å². The third-order valence-electron chi connectivity index (χ3n) is 5.01. The molecule has 2 saturated carbocycles. The van der Waals surface area contributed by atoms with E-state index < -0.39 is 0 Å². The quantitative estimate of drug-likeness (QED) is 0.673. The van der Waals surface area contributed by atoms with Crippen LogP contribution in [0.15, 0.2) is 0 Å². The van der Waals surface area contributed by atoms with Gasteiger partial charge in [0, 0.05) is 12.5 Å². The number of fused-ring (bicyclic) bond motifs is 2. The van der Waals surface area contributed by atoms with Crippen molar-refractivity contribution in [3.8, 4) is 0 Å². The Morgan fingerprint density at radius 3 is 2.23 bits per heavy atom. The molecule has 0 aromatic heterocycles. The van der Waals surface area contributed by atoms with Crippen LogP contribution in [0.3, 0.4) is 0 Å². The Bertz CT molecular complexity index is 224. The van der Waals surface area contributed by atoms with Crippen LogP contribution in [-0.2, 0) is 4.74 Å². The predicted octanol–water partition coefficient (Wildman–Crippen LogP) is 1.82. The molecule has 0 heterocycles. The first-order valence-electron chi connectivity index (χ1n) is 5.16. The largest absolute Gasteiger partial charge is 0.390 e. The van der Waals surface area contributed by atoms with Crippen molar-refractivity contribution in [1.29, 1.82) is 0 Å². The van der Waals surface area contributed by atoms with E-state index in [2.05, 4.69) is 20.8 Å². The van der Waals surface area contributed by atoms with Gasteiger partial charge in [-0.05, 0) is 24.2 Å². The highest BCUT2D eigenvalue weighted by molar-refractivity contribution is 5.15. The van der Waals surface area contributed by atoms with Gasteiger partial charge in [0.15, 0.2) is 0 Å². The Balaban J connectivity index is 2.39. The topological polar surface area (TPSA) is 29.5 Å². The molecule has 2 heteroatoms. The second kappa shape index (κ2) is 2.48. The van der Waals surface area contributed by atoms with Crippen molar-refractivity contribution in [2.75, 3.05) is 7.11 Å². The van der Waals surface area contributed by atoms with Crippen LogP contribution in [0.4, 0.5) is 0 Å². The van der Waals surface area contributed by atoms with Crippen molar-refractivity contribution in [3.05, 3.63) is 0 Å². The van der Waals surface area contributed by atoms with E-state index >= 15 is 0 Å². The number of hydrogen-bond donors (Lipinski definition) is 1. The first kappa shape index (κ1) is 9.47. The highest BCUT2D eigenvalue weighted by Crippen LogP contribution is 2.65. The molecule has 2 fully saturated rings. The van der Waals surface area contributed by atoms with Crippen molar-refractivity contribution in [2.45, 2.75) is 45.8 Å². The van der Waals surface area contributed by atoms with Crippen LogP contribution in [0.5, 0.6) is 0 Å². The van der Waals surface area contributed by atoms with Crippen LogP contribution < -0.4 is 0 Å². The van der Waals surface area contributed by atoms with E-state index in [1.807, 2.05) is 0 Å². The van der Waals surface area contributed by atoms with Gasteiger partial charge < -0.3 is 9.84 Å². The first-order valence-corrected chi connectivity index (χ1v) is 5.16. The van der Waals surface area contributed by atoms with Crippen molar-refractivity contribution in [2.24, 2.45) is 16.7 Å². The van der Waals surface area contributed by atoms with Gasteiger partial charge in [0.05, 0.1) is 12.2 Å². The molecule has 76 valence electrons. The van der Waals surface area contributed by atoms with Crippen molar-refractivity contribution in [1.82, 2.24) is 0 Å². The summed E-state index contributed by atoms with van der Waals surface area (Å²) in [4.78, 5) is 0. The Morgan fingerprint density at radius 2 is 1.92 bits per heavy atom. The lowest BCUT2D eigenvalue weighted by atomic mass is 9.70. The van der Waals surface area contributed by atoms with Gasteiger partial charge in [-0.2, -0.15) is 0 Å². The fraction of sp³-hybridized carbons (Fsp3) is 1.00. The van der Waals surface area contributed by atoms with Crippen LogP contribution in [0.1, 0.15) is 33.6 Å². The molecular weight excluding hydrogens is 164 g/mol. The fourth-order valence-corrected chi connectivity index (χ4v) is 3.54. The SMILES string of the molecule is COC1C2CCC(C)(C1O)C2(C)C. The van der Waals surface area contributed by atoms with E-state index in [1.54, 1.807) is 7.11 Å². The maximum atomic E-state index is 10.1. The number of hydrogen-bond acceptors (Lipinski definition) is 2. The number of rotatable bonds is 1. The average molecular weight is 184 g/mol. The lowest BCUT2D eigenvalue weighted by molar-refractivity contribution is -0.0691. The molecule has 2 nitrogen and oxygen atoms in total. The third kappa shape index (κ3) is 0.861. The van der Waals surface area contributed by atoms with Crippen LogP contribution in [0.2, 0.25) is 0 Å². The Morgan fingerprint density at radius 1 is 1.31 bits per heavy atom. The molecule has 0 radical (unpaired) electrons. The zero-order valence-electron chi connectivity index (χ0n) is 9.00. The molecule has 0 spiro atoms. The molecule has 2 bridgehead atoms. The number of aliphatic hydroxyl groups is 1. The molecule has 0 aromatic carbocycles. The Kier molecular flexibility index (Phi) is 1.81. The van der Waals surface area contributed by atoms with Gasteiger partial charge in [-0.1, -0.05) is 20.8 Å². The minimum absolute atomic E-state index is 0.0637. The smallest absolute Gasteiger partial charge is 0.0869 e. The first-order chi connectivity index (χ1) is 5.95. The van der Waals surface area contributed by atoms with E-state index in [4.69, 9.17) is 4.74 Å². The normalized spacial score (nSPS) is 52.8. The summed E-state index contributed by atoms with van der Waals surface area (Å²) in [6.07, 6.45) is 2.14. The number of aliphatic hydroxyl groups excluding tert-OH is 1. The van der Waals surface area contributed by atoms with Gasteiger partial charge in [-0.15, -0.1) is 0 Å². The maximum absolute atomic E-state index is 10.1. The van der Waals surface area contributed by atoms with Crippen LogP contribution in [-0.4, -0.2) is 24.4 Å². The molecule has 4 unspecified atom stereocenters. The summed E-state index contributed by atoms with van der Waals surface area (Å²) in [5.74, 6) is 0.539. The van der Waals surface area contributed by atoms with Gasteiger partial charge in [0.2, 0.25) is 0 Å². The zero-order chi connectivity index (χ0) is 9.85. The summed E-state index contributed by atoms with van der Waals surface area (Å²) in [5, 5.41) is 10.1. The molecule has 0 saturated heterocycles. The lowest BCUT2D eigenvalue weighted by Crippen LogP contribution is -2.40.